The fourth-order valence-corrected chi connectivity index (χ4v) is 2.13. The molecule has 0 saturated carbocycles. The van der Waals surface area contributed by atoms with Crippen molar-refractivity contribution in [2.24, 2.45) is 0 Å². The SMILES string of the molecule is CC(C)SCn1nnc2cc(Cl)ccc2c1=O. The highest BCUT2D eigenvalue weighted by molar-refractivity contribution is 7.98. The average Bonchev–Trinajstić information content (AvgIpc) is 2.27. The Hall–Kier alpha value is -1.07. The molecule has 17 heavy (non-hydrogen) atoms. The van der Waals surface area contributed by atoms with Gasteiger partial charge in [-0.15, -0.1) is 16.9 Å². The van der Waals surface area contributed by atoms with Crippen LogP contribution in [0, 0.1) is 0 Å². The number of fused-ring (bicyclic) bond motifs is 1. The number of hydrogen-bond acceptors (Lipinski definition) is 4. The highest BCUT2D eigenvalue weighted by Gasteiger charge is 2.06. The first kappa shape index (κ1) is 12.4. The maximum absolute atomic E-state index is 12.1. The monoisotopic (exact) mass is 269 g/mol. The molecule has 0 aliphatic carbocycles. The number of hydrogen-bond donors (Lipinski definition) is 0. The molecule has 0 amide bonds. The van der Waals surface area contributed by atoms with Crippen LogP contribution in [-0.4, -0.2) is 20.2 Å². The molecule has 0 bridgehead atoms. The molecule has 1 heterocycles. The van der Waals surface area contributed by atoms with Gasteiger partial charge >= 0.3 is 0 Å². The first-order valence-corrected chi connectivity index (χ1v) is 6.65. The normalized spacial score (nSPS) is 11.3. The van der Waals surface area contributed by atoms with E-state index >= 15 is 0 Å². The summed E-state index contributed by atoms with van der Waals surface area (Å²) in [6, 6.07) is 5.02. The van der Waals surface area contributed by atoms with Gasteiger partial charge < -0.3 is 0 Å². The molecule has 2 rings (SSSR count). The molecule has 0 N–H and O–H groups in total. The van der Waals surface area contributed by atoms with E-state index in [9.17, 15) is 4.79 Å². The maximum Gasteiger partial charge on any atom is 0.278 e. The molecule has 0 saturated heterocycles. The van der Waals surface area contributed by atoms with Crippen LogP contribution in [0.3, 0.4) is 0 Å². The summed E-state index contributed by atoms with van der Waals surface area (Å²) < 4.78 is 1.38. The van der Waals surface area contributed by atoms with E-state index < -0.39 is 0 Å². The van der Waals surface area contributed by atoms with Gasteiger partial charge in [-0.25, -0.2) is 4.68 Å². The second-order valence-electron chi connectivity index (χ2n) is 3.90. The van der Waals surface area contributed by atoms with Gasteiger partial charge in [0.05, 0.1) is 11.3 Å². The fourth-order valence-electron chi connectivity index (χ4n) is 1.35. The van der Waals surface area contributed by atoms with Crippen LogP contribution >= 0.6 is 23.4 Å². The van der Waals surface area contributed by atoms with Crippen LogP contribution < -0.4 is 5.56 Å². The van der Waals surface area contributed by atoms with Gasteiger partial charge in [-0.3, -0.25) is 4.79 Å². The Balaban J connectivity index is 2.44. The van der Waals surface area contributed by atoms with Crippen molar-refractivity contribution < 1.29 is 0 Å². The van der Waals surface area contributed by atoms with Crippen molar-refractivity contribution in [3.8, 4) is 0 Å². The van der Waals surface area contributed by atoms with Crippen LogP contribution in [0.2, 0.25) is 5.02 Å². The standard InChI is InChI=1S/C11H12ClN3OS/c1-7(2)17-6-15-11(16)9-4-3-8(12)5-10(9)13-14-15/h3-5,7H,6H2,1-2H3. The predicted molar refractivity (Wildman–Crippen MR) is 71.5 cm³/mol. The summed E-state index contributed by atoms with van der Waals surface area (Å²) in [7, 11) is 0. The van der Waals surface area contributed by atoms with Gasteiger partial charge in [-0.05, 0) is 18.2 Å². The van der Waals surface area contributed by atoms with Gasteiger partial charge in [0.1, 0.15) is 5.52 Å². The van der Waals surface area contributed by atoms with E-state index in [2.05, 4.69) is 24.2 Å². The number of nitrogens with zero attached hydrogens (tertiary/aromatic N) is 3. The number of rotatable bonds is 3. The summed E-state index contributed by atoms with van der Waals surface area (Å²) >= 11 is 7.48. The second-order valence-corrected chi connectivity index (χ2v) is 5.87. The lowest BCUT2D eigenvalue weighted by Gasteiger charge is -2.06. The van der Waals surface area contributed by atoms with Crippen molar-refractivity contribution in [3.63, 3.8) is 0 Å². The van der Waals surface area contributed by atoms with Gasteiger partial charge in [0.25, 0.3) is 5.56 Å². The van der Waals surface area contributed by atoms with E-state index in [-0.39, 0.29) is 5.56 Å². The quantitative estimate of drug-likeness (QED) is 0.859. The minimum absolute atomic E-state index is 0.125. The maximum atomic E-state index is 12.1. The number of thioether (sulfide) groups is 1. The summed E-state index contributed by atoms with van der Waals surface area (Å²) in [4.78, 5) is 12.1. The topological polar surface area (TPSA) is 47.8 Å². The Morgan fingerprint density at radius 2 is 2.24 bits per heavy atom. The Morgan fingerprint density at radius 3 is 2.94 bits per heavy atom. The predicted octanol–water partition coefficient (Wildman–Crippen LogP) is 2.54. The Labute approximate surface area is 108 Å². The third-order valence-electron chi connectivity index (χ3n) is 2.22. The van der Waals surface area contributed by atoms with E-state index in [1.807, 2.05) is 0 Å². The van der Waals surface area contributed by atoms with Crippen LogP contribution in [0.15, 0.2) is 23.0 Å². The first-order chi connectivity index (χ1) is 8.08. The van der Waals surface area contributed by atoms with Crippen LogP contribution in [0.4, 0.5) is 0 Å². The molecule has 0 aliphatic heterocycles. The van der Waals surface area contributed by atoms with Crippen LogP contribution in [-0.2, 0) is 5.88 Å². The molecule has 0 spiro atoms. The third-order valence-corrected chi connectivity index (χ3v) is 3.51. The van der Waals surface area contributed by atoms with Gasteiger partial charge in [0.2, 0.25) is 0 Å². The number of halogens is 1. The molecule has 2 aromatic rings. The smallest absolute Gasteiger partial charge is 0.267 e. The molecule has 4 nitrogen and oxygen atoms in total. The van der Waals surface area contributed by atoms with Gasteiger partial charge in [0, 0.05) is 10.3 Å². The molecule has 90 valence electrons. The highest BCUT2D eigenvalue weighted by Crippen LogP contribution is 2.14. The third kappa shape index (κ3) is 2.79. The van der Waals surface area contributed by atoms with E-state index in [0.717, 1.165) is 0 Å². The molecule has 1 aromatic carbocycles. The molecule has 0 fully saturated rings. The van der Waals surface area contributed by atoms with E-state index in [0.29, 0.717) is 27.1 Å². The summed E-state index contributed by atoms with van der Waals surface area (Å²) in [5, 5.41) is 9.44. The highest BCUT2D eigenvalue weighted by atomic mass is 35.5. The molecule has 1 aromatic heterocycles. The summed E-state index contributed by atoms with van der Waals surface area (Å²) in [5.74, 6) is 0.516. The molecule has 0 unspecified atom stereocenters. The van der Waals surface area contributed by atoms with Crippen LogP contribution in [0.1, 0.15) is 13.8 Å². The molecule has 6 heteroatoms. The van der Waals surface area contributed by atoms with E-state index in [4.69, 9.17) is 11.6 Å². The van der Waals surface area contributed by atoms with Crippen molar-refractivity contribution in [2.75, 3.05) is 0 Å². The van der Waals surface area contributed by atoms with Gasteiger partial charge in [-0.1, -0.05) is 30.7 Å². The first-order valence-electron chi connectivity index (χ1n) is 5.22. The minimum Gasteiger partial charge on any atom is -0.267 e. The largest absolute Gasteiger partial charge is 0.278 e. The Bertz CT molecular complexity index is 597. The molecule has 0 radical (unpaired) electrons. The fraction of sp³-hybridized carbons (Fsp3) is 0.364. The second kappa shape index (κ2) is 5.06. The lowest BCUT2D eigenvalue weighted by Crippen LogP contribution is -2.23. The minimum atomic E-state index is -0.125. The lowest BCUT2D eigenvalue weighted by atomic mass is 10.2. The van der Waals surface area contributed by atoms with Gasteiger partial charge in [0.15, 0.2) is 0 Å². The zero-order chi connectivity index (χ0) is 12.4. The van der Waals surface area contributed by atoms with Crippen LogP contribution in [0.5, 0.6) is 0 Å². The van der Waals surface area contributed by atoms with Crippen molar-refractivity contribution in [1.29, 1.82) is 0 Å². The molecule has 0 atom stereocenters. The van der Waals surface area contributed by atoms with Crippen molar-refractivity contribution in [2.45, 2.75) is 25.0 Å². The average molecular weight is 270 g/mol. The number of benzene rings is 1. The number of aromatic nitrogens is 3. The van der Waals surface area contributed by atoms with Crippen molar-refractivity contribution >= 4 is 34.3 Å². The zero-order valence-corrected chi connectivity index (χ0v) is 11.1. The van der Waals surface area contributed by atoms with Crippen LogP contribution in [0.25, 0.3) is 10.9 Å². The Kier molecular flexibility index (Phi) is 3.69. The summed E-state index contributed by atoms with van der Waals surface area (Å²) in [6.07, 6.45) is 0. The van der Waals surface area contributed by atoms with Crippen molar-refractivity contribution in [3.05, 3.63) is 33.6 Å². The van der Waals surface area contributed by atoms with Crippen molar-refractivity contribution in [1.82, 2.24) is 15.0 Å². The molecule has 0 aliphatic rings. The Morgan fingerprint density at radius 1 is 1.47 bits per heavy atom. The van der Waals surface area contributed by atoms with Gasteiger partial charge in [-0.2, -0.15) is 0 Å². The van der Waals surface area contributed by atoms with E-state index in [1.165, 1.54) is 4.68 Å². The summed E-state index contributed by atoms with van der Waals surface area (Å²) in [5.41, 5.74) is 0.410. The molecular formula is C11H12ClN3OS. The lowest BCUT2D eigenvalue weighted by molar-refractivity contribution is 0.644. The molecular weight excluding hydrogens is 258 g/mol. The van der Waals surface area contributed by atoms with E-state index in [1.54, 1.807) is 30.0 Å². The zero-order valence-electron chi connectivity index (χ0n) is 9.55. The summed E-state index contributed by atoms with van der Waals surface area (Å²) in [6.45, 7) is 4.15.